The lowest BCUT2D eigenvalue weighted by molar-refractivity contribution is 0.0706. The molecular weight excluding hydrogens is 374 g/mol. The maximum absolute atomic E-state index is 12.1. The number of fused-ring (bicyclic) bond motifs is 1. The smallest absolute Gasteiger partial charge is 0.319 e. The molecule has 0 unspecified atom stereocenters. The van der Waals surface area contributed by atoms with Crippen LogP contribution in [0.1, 0.15) is 16.2 Å². The van der Waals surface area contributed by atoms with Crippen molar-refractivity contribution in [3.05, 3.63) is 72.6 Å². The third-order valence-corrected chi connectivity index (χ3v) is 4.24. The van der Waals surface area contributed by atoms with Crippen LogP contribution in [0.25, 0.3) is 16.7 Å². The van der Waals surface area contributed by atoms with Crippen LogP contribution in [0.3, 0.4) is 0 Å². The molecule has 0 atom stereocenters. The highest BCUT2D eigenvalue weighted by atomic mass is 16.5. The number of rotatable bonds is 5. The number of H-pyrrole nitrogens is 1. The van der Waals surface area contributed by atoms with Gasteiger partial charge in [0.05, 0.1) is 23.9 Å². The number of hydrogen-bond donors (Lipinski definition) is 5. The lowest BCUT2D eigenvalue weighted by atomic mass is 10.2. The number of aromatic nitrogens is 4. The van der Waals surface area contributed by atoms with Gasteiger partial charge in [-0.05, 0) is 42.5 Å². The molecule has 0 spiro atoms. The number of hydroxylamine groups is 1. The highest BCUT2D eigenvalue weighted by Crippen LogP contribution is 2.17. The number of hydrogen-bond acceptors (Lipinski definition) is 5. The summed E-state index contributed by atoms with van der Waals surface area (Å²) in [6, 6.07) is 11.5. The van der Waals surface area contributed by atoms with E-state index in [9.17, 15) is 9.59 Å². The Morgan fingerprint density at radius 2 is 1.97 bits per heavy atom. The molecule has 0 bridgehead atoms. The predicted molar refractivity (Wildman–Crippen MR) is 105 cm³/mol. The topological polar surface area (TPSA) is 137 Å². The average molecular weight is 391 g/mol. The Balaban J connectivity index is 1.37. The van der Waals surface area contributed by atoms with Crippen molar-refractivity contribution in [2.24, 2.45) is 0 Å². The van der Waals surface area contributed by atoms with Gasteiger partial charge in [-0.1, -0.05) is 0 Å². The summed E-state index contributed by atoms with van der Waals surface area (Å²) in [6.07, 6.45) is 5.28. The Bertz CT molecular complexity index is 1150. The van der Waals surface area contributed by atoms with E-state index in [4.69, 9.17) is 5.21 Å². The zero-order valence-electron chi connectivity index (χ0n) is 15.1. The molecular formula is C19H17N7O3. The van der Waals surface area contributed by atoms with Crippen molar-refractivity contribution in [1.29, 1.82) is 0 Å². The second-order valence-electron chi connectivity index (χ2n) is 6.18. The highest BCUT2D eigenvalue weighted by molar-refractivity contribution is 5.94. The lowest BCUT2D eigenvalue weighted by Crippen LogP contribution is -2.28. The molecule has 2 aromatic carbocycles. The number of carbonyl (C=O) groups excluding carboxylic acids is 2. The molecule has 0 aliphatic rings. The summed E-state index contributed by atoms with van der Waals surface area (Å²) in [5.74, 6) is -0.00465. The Labute approximate surface area is 164 Å². The Hall–Kier alpha value is -4.18. The minimum atomic E-state index is -0.623. The molecule has 4 rings (SSSR count). The maximum Gasteiger partial charge on any atom is 0.319 e. The quantitative estimate of drug-likeness (QED) is 0.262. The summed E-state index contributed by atoms with van der Waals surface area (Å²) < 4.78 is 1.89. The fourth-order valence-electron chi connectivity index (χ4n) is 2.82. The van der Waals surface area contributed by atoms with Crippen molar-refractivity contribution in [2.75, 3.05) is 5.32 Å². The number of anilines is 1. The first-order valence-corrected chi connectivity index (χ1v) is 8.69. The van der Waals surface area contributed by atoms with E-state index in [0.717, 1.165) is 16.7 Å². The van der Waals surface area contributed by atoms with Crippen molar-refractivity contribution >= 4 is 28.7 Å². The number of amides is 3. The molecule has 2 heterocycles. The molecule has 5 N–H and O–H groups in total. The molecule has 0 saturated carbocycles. The molecule has 10 heteroatoms. The standard InChI is InChI=1S/C19H17N7O3/c27-18(25-29)12-1-3-13(4-2-12)22-19(28)21-10-17-23-15-6-5-14(9-16(15)24-17)26-8-7-20-11-26/h1-9,11,29H,10H2,(H,23,24)(H,25,27)(H2,21,22,28). The first kappa shape index (κ1) is 18.2. The number of imidazole rings is 2. The summed E-state index contributed by atoms with van der Waals surface area (Å²) in [4.78, 5) is 35.1. The van der Waals surface area contributed by atoms with Gasteiger partial charge in [0.1, 0.15) is 5.82 Å². The number of nitrogens with one attached hydrogen (secondary N) is 4. The maximum atomic E-state index is 12.1. The van der Waals surface area contributed by atoms with Crippen LogP contribution >= 0.6 is 0 Å². The number of urea groups is 1. The van der Waals surface area contributed by atoms with E-state index >= 15 is 0 Å². The molecule has 3 amide bonds. The third-order valence-electron chi connectivity index (χ3n) is 4.24. The molecule has 4 aromatic rings. The Morgan fingerprint density at radius 3 is 2.69 bits per heavy atom. The Morgan fingerprint density at radius 1 is 1.14 bits per heavy atom. The number of nitrogens with zero attached hydrogens (tertiary/aromatic N) is 3. The van der Waals surface area contributed by atoms with E-state index in [0.29, 0.717) is 11.5 Å². The second-order valence-corrected chi connectivity index (χ2v) is 6.18. The minimum absolute atomic E-state index is 0.214. The summed E-state index contributed by atoms with van der Waals surface area (Å²) in [6.45, 7) is 0.214. The van der Waals surface area contributed by atoms with Gasteiger partial charge < -0.3 is 20.2 Å². The van der Waals surface area contributed by atoms with Crippen molar-refractivity contribution in [3.8, 4) is 5.69 Å². The fraction of sp³-hybridized carbons (Fsp3) is 0.0526. The van der Waals surface area contributed by atoms with Gasteiger partial charge in [0, 0.05) is 29.3 Å². The van der Waals surface area contributed by atoms with Crippen molar-refractivity contribution < 1.29 is 14.8 Å². The van der Waals surface area contributed by atoms with Gasteiger partial charge in [-0.3, -0.25) is 10.0 Å². The van der Waals surface area contributed by atoms with Gasteiger partial charge in [-0.25, -0.2) is 20.2 Å². The SMILES string of the molecule is O=C(NCc1nc2ccc(-n3ccnc3)cc2[nH]1)Nc1ccc(C(=O)NO)cc1. The van der Waals surface area contributed by atoms with E-state index in [-0.39, 0.29) is 12.1 Å². The fourth-order valence-corrected chi connectivity index (χ4v) is 2.82. The van der Waals surface area contributed by atoms with Crippen LogP contribution in [0, 0.1) is 0 Å². The van der Waals surface area contributed by atoms with Crippen LogP contribution in [0.15, 0.2) is 61.2 Å². The normalized spacial score (nSPS) is 10.7. The van der Waals surface area contributed by atoms with Gasteiger partial charge in [0.15, 0.2) is 0 Å². The summed E-state index contributed by atoms with van der Waals surface area (Å²) >= 11 is 0. The molecule has 2 aromatic heterocycles. The molecule has 0 saturated heterocycles. The Kier molecular flexibility index (Phi) is 4.91. The zero-order valence-corrected chi connectivity index (χ0v) is 15.1. The van der Waals surface area contributed by atoms with Crippen molar-refractivity contribution in [2.45, 2.75) is 6.54 Å². The van der Waals surface area contributed by atoms with Gasteiger partial charge in [0.25, 0.3) is 5.91 Å². The molecule has 0 aliphatic heterocycles. The number of aromatic amines is 1. The second kappa shape index (κ2) is 7.82. The molecule has 146 valence electrons. The molecule has 10 nitrogen and oxygen atoms in total. The largest absolute Gasteiger partial charge is 0.340 e. The van der Waals surface area contributed by atoms with Crippen LogP contribution in [-0.2, 0) is 6.54 Å². The first-order valence-electron chi connectivity index (χ1n) is 8.69. The molecule has 0 aliphatic carbocycles. The van der Waals surface area contributed by atoms with Gasteiger partial charge in [-0.15, -0.1) is 0 Å². The summed E-state index contributed by atoms with van der Waals surface area (Å²) in [5, 5.41) is 14.0. The van der Waals surface area contributed by atoms with Crippen molar-refractivity contribution in [3.63, 3.8) is 0 Å². The van der Waals surface area contributed by atoms with Crippen LogP contribution in [0.5, 0.6) is 0 Å². The van der Waals surface area contributed by atoms with Gasteiger partial charge >= 0.3 is 6.03 Å². The first-order chi connectivity index (χ1) is 14.1. The molecule has 29 heavy (non-hydrogen) atoms. The van der Waals surface area contributed by atoms with Crippen LogP contribution in [0.2, 0.25) is 0 Å². The van der Waals surface area contributed by atoms with Gasteiger partial charge in [0.2, 0.25) is 0 Å². The monoisotopic (exact) mass is 391 g/mol. The van der Waals surface area contributed by atoms with E-state index in [1.165, 1.54) is 12.1 Å². The summed E-state index contributed by atoms with van der Waals surface area (Å²) in [7, 11) is 0. The van der Waals surface area contributed by atoms with Crippen LogP contribution in [-0.4, -0.2) is 36.7 Å². The minimum Gasteiger partial charge on any atom is -0.340 e. The van der Waals surface area contributed by atoms with Crippen LogP contribution in [0.4, 0.5) is 10.5 Å². The number of benzene rings is 2. The molecule has 0 radical (unpaired) electrons. The van der Waals surface area contributed by atoms with E-state index < -0.39 is 11.9 Å². The number of carbonyl (C=O) groups is 2. The van der Waals surface area contributed by atoms with Crippen molar-refractivity contribution in [1.82, 2.24) is 30.3 Å². The predicted octanol–water partition coefficient (Wildman–Crippen LogP) is 2.19. The van der Waals surface area contributed by atoms with E-state index in [2.05, 4.69) is 25.6 Å². The van der Waals surface area contributed by atoms with E-state index in [1.54, 1.807) is 30.1 Å². The third kappa shape index (κ3) is 4.06. The average Bonchev–Trinajstić information content (AvgIpc) is 3.41. The van der Waals surface area contributed by atoms with Crippen LogP contribution < -0.4 is 16.1 Å². The lowest BCUT2D eigenvalue weighted by Gasteiger charge is -2.07. The van der Waals surface area contributed by atoms with E-state index in [1.807, 2.05) is 29.0 Å². The zero-order chi connectivity index (χ0) is 20.2. The summed E-state index contributed by atoms with van der Waals surface area (Å²) in [5.41, 5.74) is 4.93. The molecule has 0 fully saturated rings. The van der Waals surface area contributed by atoms with Gasteiger partial charge in [-0.2, -0.15) is 0 Å². The highest BCUT2D eigenvalue weighted by Gasteiger charge is 2.08.